The smallest absolute Gasteiger partial charge is 0.308 e. The molecule has 29 heavy (non-hydrogen) atoms. The first-order valence-electron chi connectivity index (χ1n) is 8.70. The SMILES string of the molecule is COc1cc(/C=N\NC(=O)c2oc3ccccc3c2C)cc(OC)c1OC(C)=O. The van der Waals surface area contributed by atoms with E-state index in [9.17, 15) is 9.59 Å². The number of amides is 1. The van der Waals surface area contributed by atoms with E-state index in [-0.39, 0.29) is 11.5 Å². The maximum Gasteiger partial charge on any atom is 0.308 e. The largest absolute Gasteiger partial charge is 0.493 e. The number of methoxy groups -OCH3 is 2. The number of rotatable bonds is 6. The molecule has 1 aromatic heterocycles. The molecule has 1 amide bonds. The van der Waals surface area contributed by atoms with Crippen molar-refractivity contribution in [2.45, 2.75) is 13.8 Å². The monoisotopic (exact) mass is 396 g/mol. The zero-order chi connectivity index (χ0) is 21.0. The second-order valence-electron chi connectivity index (χ2n) is 6.10. The third kappa shape index (κ3) is 4.21. The Morgan fingerprint density at radius 1 is 1.10 bits per heavy atom. The van der Waals surface area contributed by atoms with Crippen LogP contribution in [0.3, 0.4) is 0 Å². The summed E-state index contributed by atoms with van der Waals surface area (Å²) in [7, 11) is 2.88. The third-order valence-electron chi connectivity index (χ3n) is 4.16. The lowest BCUT2D eigenvalue weighted by molar-refractivity contribution is -0.132. The predicted octanol–water partition coefficient (Wildman–Crippen LogP) is 3.45. The fraction of sp³-hybridized carbons (Fsp3) is 0.190. The van der Waals surface area contributed by atoms with Crippen LogP contribution in [0.15, 0.2) is 45.9 Å². The molecule has 0 bridgehead atoms. The number of benzene rings is 2. The Bertz CT molecular complexity index is 1070. The predicted molar refractivity (Wildman–Crippen MR) is 107 cm³/mol. The normalized spacial score (nSPS) is 10.9. The van der Waals surface area contributed by atoms with Gasteiger partial charge in [0.2, 0.25) is 5.75 Å². The molecule has 3 aromatic rings. The van der Waals surface area contributed by atoms with E-state index in [4.69, 9.17) is 18.6 Å². The van der Waals surface area contributed by atoms with Gasteiger partial charge in [-0.25, -0.2) is 5.43 Å². The number of hydrogen-bond donors (Lipinski definition) is 1. The van der Waals surface area contributed by atoms with E-state index in [0.717, 1.165) is 10.9 Å². The van der Waals surface area contributed by atoms with Crippen LogP contribution in [0.25, 0.3) is 11.0 Å². The number of para-hydroxylation sites is 1. The quantitative estimate of drug-likeness (QED) is 0.297. The summed E-state index contributed by atoms with van der Waals surface area (Å²) in [5.41, 5.74) is 4.38. The third-order valence-corrected chi connectivity index (χ3v) is 4.16. The molecule has 2 aromatic carbocycles. The van der Waals surface area contributed by atoms with E-state index >= 15 is 0 Å². The van der Waals surface area contributed by atoms with E-state index < -0.39 is 11.9 Å². The van der Waals surface area contributed by atoms with Crippen molar-refractivity contribution in [3.05, 3.63) is 53.3 Å². The molecule has 0 spiro atoms. The van der Waals surface area contributed by atoms with Gasteiger partial charge in [-0.05, 0) is 25.1 Å². The van der Waals surface area contributed by atoms with Gasteiger partial charge < -0.3 is 18.6 Å². The number of nitrogens with zero attached hydrogens (tertiary/aromatic N) is 1. The van der Waals surface area contributed by atoms with Gasteiger partial charge in [-0.1, -0.05) is 18.2 Å². The first-order chi connectivity index (χ1) is 13.9. The van der Waals surface area contributed by atoms with Gasteiger partial charge in [-0.2, -0.15) is 5.10 Å². The van der Waals surface area contributed by atoms with Crippen molar-refractivity contribution in [1.29, 1.82) is 0 Å². The number of esters is 1. The van der Waals surface area contributed by atoms with Gasteiger partial charge in [0.15, 0.2) is 17.3 Å². The first-order valence-corrected chi connectivity index (χ1v) is 8.70. The van der Waals surface area contributed by atoms with Gasteiger partial charge in [0.1, 0.15) is 5.58 Å². The second kappa shape index (κ2) is 8.47. The van der Waals surface area contributed by atoms with Crippen LogP contribution < -0.4 is 19.6 Å². The molecule has 0 saturated heterocycles. The zero-order valence-electron chi connectivity index (χ0n) is 16.4. The molecule has 150 valence electrons. The van der Waals surface area contributed by atoms with Crippen LogP contribution in [0.5, 0.6) is 17.2 Å². The number of carbonyl (C=O) groups is 2. The lowest BCUT2D eigenvalue weighted by atomic mass is 10.1. The highest BCUT2D eigenvalue weighted by molar-refractivity contribution is 5.99. The van der Waals surface area contributed by atoms with E-state index in [1.165, 1.54) is 27.4 Å². The van der Waals surface area contributed by atoms with Crippen LogP contribution in [0.2, 0.25) is 0 Å². The lowest BCUT2D eigenvalue weighted by Gasteiger charge is -2.13. The molecule has 0 aliphatic carbocycles. The summed E-state index contributed by atoms with van der Waals surface area (Å²) in [5, 5.41) is 4.84. The molecular formula is C21H20N2O6. The van der Waals surface area contributed by atoms with Crippen LogP contribution in [-0.2, 0) is 4.79 Å². The van der Waals surface area contributed by atoms with Gasteiger partial charge >= 0.3 is 11.9 Å². The molecule has 0 aliphatic rings. The maximum atomic E-state index is 12.4. The fourth-order valence-corrected chi connectivity index (χ4v) is 2.83. The van der Waals surface area contributed by atoms with Crippen LogP contribution in [0.4, 0.5) is 0 Å². The number of fused-ring (bicyclic) bond motifs is 1. The Morgan fingerprint density at radius 2 is 1.76 bits per heavy atom. The summed E-state index contributed by atoms with van der Waals surface area (Å²) >= 11 is 0. The Balaban J connectivity index is 1.81. The van der Waals surface area contributed by atoms with Crippen LogP contribution in [-0.4, -0.2) is 32.3 Å². The number of hydrazone groups is 1. The molecule has 8 nitrogen and oxygen atoms in total. The topological polar surface area (TPSA) is 99.4 Å². The van der Waals surface area contributed by atoms with Crippen molar-refractivity contribution in [3.8, 4) is 17.2 Å². The molecule has 0 aliphatic heterocycles. The van der Waals surface area contributed by atoms with Gasteiger partial charge in [-0.15, -0.1) is 0 Å². The molecule has 3 rings (SSSR count). The van der Waals surface area contributed by atoms with Crippen molar-refractivity contribution in [3.63, 3.8) is 0 Å². The Hall–Kier alpha value is -3.81. The fourth-order valence-electron chi connectivity index (χ4n) is 2.83. The highest BCUT2D eigenvalue weighted by atomic mass is 16.6. The Morgan fingerprint density at radius 3 is 2.34 bits per heavy atom. The Labute approximate surface area is 167 Å². The molecule has 1 N–H and O–H groups in total. The number of aryl methyl sites for hydroxylation is 1. The minimum absolute atomic E-state index is 0.168. The summed E-state index contributed by atoms with van der Waals surface area (Å²) < 4.78 is 21.3. The first kappa shape index (κ1) is 19.9. The summed E-state index contributed by atoms with van der Waals surface area (Å²) in [6.07, 6.45) is 1.42. The number of furan rings is 1. The summed E-state index contributed by atoms with van der Waals surface area (Å²) in [4.78, 5) is 23.7. The van der Waals surface area contributed by atoms with Crippen LogP contribution in [0, 0.1) is 6.92 Å². The number of ether oxygens (including phenoxy) is 3. The van der Waals surface area contributed by atoms with Gasteiger partial charge in [-0.3, -0.25) is 9.59 Å². The number of hydrogen-bond acceptors (Lipinski definition) is 7. The van der Waals surface area contributed by atoms with Crippen molar-refractivity contribution in [2.24, 2.45) is 5.10 Å². The highest BCUT2D eigenvalue weighted by Crippen LogP contribution is 2.38. The molecule has 0 atom stereocenters. The standard InChI is InChI=1S/C21H20N2O6/c1-12-15-7-5-6-8-16(15)29-19(12)21(25)23-22-11-14-9-17(26-3)20(28-13(2)24)18(10-14)27-4/h5-11H,1-4H3,(H,23,25)/b22-11-. The van der Waals surface area contributed by atoms with Gasteiger partial charge in [0, 0.05) is 23.4 Å². The summed E-state index contributed by atoms with van der Waals surface area (Å²) in [5.74, 6) is -0.0203. The molecule has 1 heterocycles. The minimum atomic E-state index is -0.503. The summed E-state index contributed by atoms with van der Waals surface area (Å²) in [6.45, 7) is 3.10. The number of carbonyl (C=O) groups excluding carboxylic acids is 2. The van der Waals surface area contributed by atoms with Crippen LogP contribution in [0.1, 0.15) is 28.6 Å². The average molecular weight is 396 g/mol. The van der Waals surface area contributed by atoms with Gasteiger partial charge in [0.05, 0.1) is 20.4 Å². The van der Waals surface area contributed by atoms with Crippen molar-refractivity contribution in [1.82, 2.24) is 5.43 Å². The van der Waals surface area contributed by atoms with Crippen molar-refractivity contribution < 1.29 is 28.2 Å². The summed E-state index contributed by atoms with van der Waals surface area (Å²) in [6, 6.07) is 10.6. The lowest BCUT2D eigenvalue weighted by Crippen LogP contribution is -2.17. The van der Waals surface area contributed by atoms with E-state index in [2.05, 4.69) is 10.5 Å². The van der Waals surface area contributed by atoms with E-state index in [1.807, 2.05) is 25.1 Å². The zero-order valence-corrected chi connectivity index (χ0v) is 16.4. The molecular weight excluding hydrogens is 376 g/mol. The second-order valence-corrected chi connectivity index (χ2v) is 6.10. The van der Waals surface area contributed by atoms with Crippen LogP contribution >= 0.6 is 0 Å². The molecule has 0 radical (unpaired) electrons. The van der Waals surface area contributed by atoms with E-state index in [0.29, 0.717) is 22.6 Å². The van der Waals surface area contributed by atoms with Crippen molar-refractivity contribution in [2.75, 3.05) is 14.2 Å². The van der Waals surface area contributed by atoms with Gasteiger partial charge in [0.25, 0.3) is 0 Å². The molecule has 0 unspecified atom stereocenters. The van der Waals surface area contributed by atoms with E-state index in [1.54, 1.807) is 18.2 Å². The van der Waals surface area contributed by atoms with Crippen molar-refractivity contribution >= 4 is 29.1 Å². The molecule has 8 heteroatoms. The number of nitrogens with one attached hydrogen (secondary N) is 1. The average Bonchev–Trinajstić information content (AvgIpc) is 3.05. The highest BCUT2D eigenvalue weighted by Gasteiger charge is 2.18. The minimum Gasteiger partial charge on any atom is -0.493 e. The molecule has 0 saturated carbocycles. The Kier molecular flexibility index (Phi) is 5.82. The maximum absolute atomic E-state index is 12.4. The molecule has 0 fully saturated rings.